The van der Waals surface area contributed by atoms with E-state index in [0.29, 0.717) is 6.42 Å². The number of phosphoric acid groups is 1. The lowest BCUT2D eigenvalue weighted by molar-refractivity contribution is -0.161. The first kappa shape index (κ1) is 66.5. The van der Waals surface area contributed by atoms with Gasteiger partial charge in [-0.2, -0.15) is 0 Å². The van der Waals surface area contributed by atoms with Crippen molar-refractivity contribution < 1.29 is 37.6 Å². The average molecular weight is 983 g/mol. The molecule has 10 heteroatoms. The van der Waals surface area contributed by atoms with E-state index in [1.54, 1.807) is 0 Å². The summed E-state index contributed by atoms with van der Waals surface area (Å²) in [6, 6.07) is 0. The smallest absolute Gasteiger partial charge is 0.462 e. The molecule has 0 heterocycles. The van der Waals surface area contributed by atoms with Crippen LogP contribution in [0.25, 0.3) is 0 Å². The largest absolute Gasteiger partial charge is 0.472 e. The van der Waals surface area contributed by atoms with Gasteiger partial charge in [0.25, 0.3) is 0 Å². The summed E-state index contributed by atoms with van der Waals surface area (Å²) in [6.45, 7) is 3.78. The first-order valence-electron chi connectivity index (χ1n) is 29.3. The number of phosphoric ester groups is 1. The number of rotatable bonds is 56. The van der Waals surface area contributed by atoms with Crippen molar-refractivity contribution in [2.75, 3.05) is 26.4 Å². The van der Waals surface area contributed by atoms with Gasteiger partial charge in [-0.15, -0.1) is 0 Å². The third-order valence-electron chi connectivity index (χ3n) is 13.1. The van der Waals surface area contributed by atoms with Crippen LogP contribution < -0.4 is 5.73 Å². The minimum absolute atomic E-state index is 0.0546. The van der Waals surface area contributed by atoms with Gasteiger partial charge in [0.1, 0.15) is 6.61 Å². The molecule has 0 rings (SSSR count). The molecule has 0 amide bonds. The molecule has 0 aliphatic rings. The van der Waals surface area contributed by atoms with E-state index >= 15 is 0 Å². The molecule has 0 bridgehead atoms. The Labute approximate surface area is 421 Å². The summed E-state index contributed by atoms with van der Waals surface area (Å²) in [5.74, 6) is -0.822. The van der Waals surface area contributed by atoms with E-state index in [2.05, 4.69) is 38.2 Å². The van der Waals surface area contributed by atoms with Crippen molar-refractivity contribution in [1.29, 1.82) is 0 Å². The minimum Gasteiger partial charge on any atom is -0.462 e. The highest BCUT2D eigenvalue weighted by Gasteiger charge is 2.26. The Morgan fingerprint density at radius 3 is 1.04 bits per heavy atom. The molecule has 0 saturated heterocycles. The topological polar surface area (TPSA) is 134 Å². The maximum Gasteiger partial charge on any atom is 0.472 e. The number of esters is 2. The van der Waals surface area contributed by atoms with E-state index in [0.717, 1.165) is 51.4 Å². The Bertz CT molecular complexity index is 1170. The zero-order valence-corrected chi connectivity index (χ0v) is 45.8. The Morgan fingerprint density at radius 1 is 0.426 bits per heavy atom. The minimum atomic E-state index is -4.38. The lowest BCUT2D eigenvalue weighted by atomic mass is 10.0. The van der Waals surface area contributed by atoms with Crippen LogP contribution in [0.4, 0.5) is 0 Å². The number of hydrogen-bond donors (Lipinski definition) is 2. The standard InChI is InChI=1S/C58H112NO8P/c1-3-5-7-9-11-13-15-17-19-21-22-23-24-25-26-27-28-29-30-31-32-33-34-35-37-39-41-43-45-47-49-51-58(61)67-56(55-66-68(62,63)65-53-52-59)54-64-57(60)50-48-46-44-42-40-38-36-20-18-16-14-12-10-8-6-4-2/h20-22,36,56H,3-19,23-35,37-55,59H2,1-2H3,(H,62,63)/b22-21-,36-20-. The molecule has 0 aliphatic carbocycles. The average Bonchev–Trinajstić information content (AvgIpc) is 3.33. The maximum absolute atomic E-state index is 12.7. The first-order chi connectivity index (χ1) is 33.3. The van der Waals surface area contributed by atoms with Gasteiger partial charge in [-0.1, -0.05) is 250 Å². The van der Waals surface area contributed by atoms with Crippen LogP contribution in [-0.4, -0.2) is 49.3 Å². The van der Waals surface area contributed by atoms with E-state index in [4.69, 9.17) is 24.3 Å². The number of allylic oxidation sites excluding steroid dienone is 4. The second-order valence-electron chi connectivity index (χ2n) is 19.9. The predicted molar refractivity (Wildman–Crippen MR) is 289 cm³/mol. The summed E-state index contributed by atoms with van der Waals surface area (Å²) in [5, 5.41) is 0. The molecular formula is C58H112NO8P. The number of nitrogens with two attached hydrogens (primary N) is 1. The Morgan fingerprint density at radius 2 is 0.721 bits per heavy atom. The van der Waals surface area contributed by atoms with E-state index in [-0.39, 0.29) is 38.6 Å². The lowest BCUT2D eigenvalue weighted by Gasteiger charge is -2.19. The number of ether oxygens (including phenoxy) is 2. The molecule has 0 aromatic carbocycles. The van der Waals surface area contributed by atoms with Gasteiger partial charge in [0.2, 0.25) is 0 Å². The van der Waals surface area contributed by atoms with E-state index in [1.807, 2.05) is 0 Å². The molecule has 0 fully saturated rings. The quantitative estimate of drug-likeness (QED) is 0.0264. The zero-order chi connectivity index (χ0) is 49.5. The highest BCUT2D eigenvalue weighted by molar-refractivity contribution is 7.47. The molecule has 0 aromatic heterocycles. The van der Waals surface area contributed by atoms with Gasteiger partial charge in [-0.05, 0) is 64.2 Å². The second-order valence-corrected chi connectivity index (χ2v) is 21.3. The van der Waals surface area contributed by atoms with Crippen molar-refractivity contribution in [3.8, 4) is 0 Å². The van der Waals surface area contributed by atoms with Crippen molar-refractivity contribution in [2.45, 2.75) is 309 Å². The molecule has 9 nitrogen and oxygen atoms in total. The fourth-order valence-electron chi connectivity index (χ4n) is 8.69. The third kappa shape index (κ3) is 53.8. The van der Waals surface area contributed by atoms with Gasteiger partial charge in [0.15, 0.2) is 6.10 Å². The van der Waals surface area contributed by atoms with Crippen LogP contribution in [0.2, 0.25) is 0 Å². The molecule has 0 radical (unpaired) electrons. The van der Waals surface area contributed by atoms with Gasteiger partial charge in [-0.25, -0.2) is 4.57 Å². The van der Waals surface area contributed by atoms with Gasteiger partial charge in [0, 0.05) is 19.4 Å². The zero-order valence-electron chi connectivity index (χ0n) is 44.9. The molecule has 2 atom stereocenters. The lowest BCUT2D eigenvalue weighted by Crippen LogP contribution is -2.29. The van der Waals surface area contributed by atoms with Crippen molar-refractivity contribution in [3.05, 3.63) is 24.3 Å². The third-order valence-corrected chi connectivity index (χ3v) is 14.0. The summed E-state index contributed by atoms with van der Waals surface area (Å²) in [5.41, 5.74) is 5.38. The summed E-state index contributed by atoms with van der Waals surface area (Å²) in [7, 11) is -4.38. The van der Waals surface area contributed by atoms with Crippen molar-refractivity contribution in [2.24, 2.45) is 5.73 Å². The molecule has 402 valence electrons. The van der Waals surface area contributed by atoms with Gasteiger partial charge < -0.3 is 20.1 Å². The molecule has 0 spiro atoms. The molecule has 68 heavy (non-hydrogen) atoms. The van der Waals surface area contributed by atoms with Crippen LogP contribution in [0, 0.1) is 0 Å². The van der Waals surface area contributed by atoms with E-state index < -0.39 is 26.5 Å². The summed E-state index contributed by atoms with van der Waals surface area (Å²) in [4.78, 5) is 35.1. The molecule has 2 unspecified atom stereocenters. The Balaban J connectivity index is 3.87. The number of hydrogen-bond acceptors (Lipinski definition) is 8. The van der Waals surface area contributed by atoms with Gasteiger partial charge in [0.05, 0.1) is 13.2 Å². The summed E-state index contributed by atoms with van der Waals surface area (Å²) < 4.78 is 33.0. The predicted octanol–water partition coefficient (Wildman–Crippen LogP) is 18.2. The van der Waals surface area contributed by atoms with E-state index in [1.165, 1.54) is 218 Å². The van der Waals surface area contributed by atoms with Crippen LogP contribution in [0.15, 0.2) is 24.3 Å². The fraction of sp³-hybridized carbons (Fsp3) is 0.897. The highest BCUT2D eigenvalue weighted by Crippen LogP contribution is 2.43. The monoisotopic (exact) mass is 982 g/mol. The first-order valence-corrected chi connectivity index (χ1v) is 30.8. The molecule has 0 aliphatic heterocycles. The number of carbonyl (C=O) groups is 2. The van der Waals surface area contributed by atoms with Crippen LogP contribution >= 0.6 is 7.82 Å². The number of unbranched alkanes of at least 4 members (excludes halogenated alkanes) is 39. The second kappa shape index (κ2) is 54.8. The van der Waals surface area contributed by atoms with Crippen LogP contribution in [0.1, 0.15) is 303 Å². The van der Waals surface area contributed by atoms with Crippen LogP contribution in [0.5, 0.6) is 0 Å². The van der Waals surface area contributed by atoms with Crippen molar-refractivity contribution in [1.82, 2.24) is 0 Å². The molecule has 0 aromatic rings. The summed E-state index contributed by atoms with van der Waals surface area (Å²) >= 11 is 0. The SMILES string of the molecule is CCCCCCCCC/C=C\CCCCCCCC(=O)OCC(COP(=O)(O)OCCN)OC(=O)CCCCCCCCCCCCCCCCCCCCC/C=C\CCCCCCCCCC. The van der Waals surface area contributed by atoms with Crippen molar-refractivity contribution >= 4 is 19.8 Å². The van der Waals surface area contributed by atoms with Crippen LogP contribution in [0.3, 0.4) is 0 Å². The Kier molecular flexibility index (Phi) is 53.6. The Hall–Kier alpha value is -1.51. The molecule has 3 N–H and O–H groups in total. The van der Waals surface area contributed by atoms with Gasteiger partial charge in [-0.3, -0.25) is 18.6 Å². The molecular weight excluding hydrogens is 870 g/mol. The fourth-order valence-corrected chi connectivity index (χ4v) is 9.45. The molecule has 0 saturated carbocycles. The highest BCUT2D eigenvalue weighted by atomic mass is 31.2. The van der Waals surface area contributed by atoms with E-state index in [9.17, 15) is 19.0 Å². The normalized spacial score (nSPS) is 13.2. The maximum atomic E-state index is 12.7. The summed E-state index contributed by atoms with van der Waals surface area (Å²) in [6.07, 6.45) is 63.9. The van der Waals surface area contributed by atoms with Gasteiger partial charge >= 0.3 is 19.8 Å². The van der Waals surface area contributed by atoms with Crippen molar-refractivity contribution in [3.63, 3.8) is 0 Å². The van der Waals surface area contributed by atoms with Crippen LogP contribution in [-0.2, 0) is 32.7 Å². The number of carbonyl (C=O) groups excluding carboxylic acids is 2.